The van der Waals surface area contributed by atoms with Gasteiger partial charge in [-0.25, -0.2) is 18.2 Å². The Labute approximate surface area is 87.1 Å². The number of hydrogen-bond donors (Lipinski definition) is 0. The predicted molar refractivity (Wildman–Crippen MR) is 44.1 cm³/mol. The number of carbonyl (C=O) groups is 1. The second-order valence-electron chi connectivity index (χ2n) is 2.44. The summed E-state index contributed by atoms with van der Waals surface area (Å²) in [5, 5.41) is 7.28. The van der Waals surface area contributed by atoms with Crippen molar-refractivity contribution in [3.8, 4) is 6.07 Å². The lowest BCUT2D eigenvalue weighted by Crippen LogP contribution is -2.05. The summed E-state index contributed by atoms with van der Waals surface area (Å²) in [5.74, 6) is -1.44. The third kappa shape index (κ3) is 2.25. The molecule has 0 amide bonds. The molecular formula is C8H2ClF3N2O. The summed E-state index contributed by atoms with van der Waals surface area (Å²) in [7, 11) is 0. The first-order chi connectivity index (χ1) is 6.97. The molecule has 0 aliphatic rings. The predicted octanol–water partition coefficient (Wildman–Crippen LogP) is 2.41. The molecule has 15 heavy (non-hydrogen) atoms. The second kappa shape index (κ2) is 4.28. The summed E-state index contributed by atoms with van der Waals surface area (Å²) in [6.07, 6.45) is -3.21. The van der Waals surface area contributed by atoms with Gasteiger partial charge < -0.3 is 0 Å². The van der Waals surface area contributed by atoms with Gasteiger partial charge in [0.2, 0.25) is 0 Å². The highest BCUT2D eigenvalue weighted by Crippen LogP contribution is 2.23. The number of nitriles is 1. The molecule has 1 heterocycles. The van der Waals surface area contributed by atoms with Crippen molar-refractivity contribution in [3.63, 3.8) is 0 Å². The zero-order valence-corrected chi connectivity index (χ0v) is 7.73. The van der Waals surface area contributed by atoms with E-state index in [0.717, 1.165) is 6.07 Å². The second-order valence-corrected chi connectivity index (χ2v) is 2.78. The van der Waals surface area contributed by atoms with Crippen LogP contribution in [0.1, 0.15) is 28.2 Å². The molecular weight excluding hydrogens is 233 g/mol. The van der Waals surface area contributed by atoms with Crippen molar-refractivity contribution in [2.75, 3.05) is 0 Å². The van der Waals surface area contributed by atoms with Crippen LogP contribution in [-0.2, 0) is 0 Å². The van der Waals surface area contributed by atoms with Gasteiger partial charge >= 0.3 is 0 Å². The Kier molecular flexibility index (Phi) is 3.27. The van der Waals surface area contributed by atoms with Gasteiger partial charge in [0, 0.05) is 0 Å². The van der Waals surface area contributed by atoms with E-state index < -0.39 is 34.4 Å². The normalized spacial score (nSPS) is 10.1. The van der Waals surface area contributed by atoms with E-state index in [-0.39, 0.29) is 0 Å². The maximum absolute atomic E-state index is 13.0. The number of carbonyl (C=O) groups excluding carboxylic acids is 1. The number of alkyl halides is 2. The van der Waals surface area contributed by atoms with Crippen LogP contribution in [0, 0.1) is 17.1 Å². The average Bonchev–Trinajstić information content (AvgIpc) is 2.17. The van der Waals surface area contributed by atoms with Gasteiger partial charge in [-0.05, 0) is 17.7 Å². The van der Waals surface area contributed by atoms with Crippen LogP contribution >= 0.6 is 11.6 Å². The third-order valence-corrected chi connectivity index (χ3v) is 1.71. The summed E-state index contributed by atoms with van der Waals surface area (Å²) in [6, 6.07) is 2.05. The van der Waals surface area contributed by atoms with Crippen molar-refractivity contribution in [1.82, 2.24) is 4.98 Å². The van der Waals surface area contributed by atoms with Crippen molar-refractivity contribution in [3.05, 3.63) is 28.8 Å². The van der Waals surface area contributed by atoms with Crippen LogP contribution in [0.3, 0.4) is 0 Å². The van der Waals surface area contributed by atoms with Crippen molar-refractivity contribution in [2.24, 2.45) is 0 Å². The molecule has 7 heteroatoms. The zero-order chi connectivity index (χ0) is 11.6. The first kappa shape index (κ1) is 11.5. The van der Waals surface area contributed by atoms with Crippen LogP contribution in [0.25, 0.3) is 0 Å². The SMILES string of the molecule is N#Cc1cc(C(=O)Cl)nc(C(F)F)c1F. The third-order valence-electron chi connectivity index (χ3n) is 1.51. The molecule has 1 aromatic rings. The molecule has 0 aliphatic carbocycles. The fourth-order valence-corrected chi connectivity index (χ4v) is 0.973. The van der Waals surface area contributed by atoms with Crippen molar-refractivity contribution in [2.45, 2.75) is 6.43 Å². The molecule has 0 aliphatic heterocycles. The molecule has 0 spiro atoms. The topological polar surface area (TPSA) is 53.8 Å². The van der Waals surface area contributed by atoms with E-state index in [1.165, 1.54) is 6.07 Å². The molecule has 0 aromatic carbocycles. The quantitative estimate of drug-likeness (QED) is 0.739. The van der Waals surface area contributed by atoms with Gasteiger partial charge in [0.15, 0.2) is 5.82 Å². The number of hydrogen-bond acceptors (Lipinski definition) is 3. The summed E-state index contributed by atoms with van der Waals surface area (Å²) in [4.78, 5) is 13.6. The molecule has 0 saturated carbocycles. The molecule has 78 valence electrons. The Bertz CT molecular complexity index is 456. The number of rotatable bonds is 2. The molecule has 0 radical (unpaired) electrons. The van der Waals surface area contributed by atoms with Crippen LogP contribution in [0.4, 0.5) is 13.2 Å². The van der Waals surface area contributed by atoms with Gasteiger partial charge in [-0.1, -0.05) is 0 Å². The highest BCUT2D eigenvalue weighted by Gasteiger charge is 2.21. The van der Waals surface area contributed by atoms with Gasteiger partial charge in [-0.3, -0.25) is 4.79 Å². The molecule has 0 fully saturated rings. The summed E-state index contributed by atoms with van der Waals surface area (Å²) < 4.78 is 37.5. The zero-order valence-electron chi connectivity index (χ0n) is 6.97. The van der Waals surface area contributed by atoms with Crippen LogP contribution in [0.15, 0.2) is 6.07 Å². The largest absolute Gasteiger partial charge is 0.283 e. The lowest BCUT2D eigenvalue weighted by molar-refractivity contribution is 0.107. The molecule has 1 aromatic heterocycles. The highest BCUT2D eigenvalue weighted by molar-refractivity contribution is 6.67. The fraction of sp³-hybridized carbons (Fsp3) is 0.125. The van der Waals surface area contributed by atoms with Gasteiger partial charge in [-0.2, -0.15) is 5.26 Å². The average molecular weight is 235 g/mol. The Hall–Kier alpha value is -1.61. The van der Waals surface area contributed by atoms with E-state index in [9.17, 15) is 18.0 Å². The molecule has 1 rings (SSSR count). The lowest BCUT2D eigenvalue weighted by atomic mass is 10.2. The van der Waals surface area contributed by atoms with Crippen LogP contribution in [0.2, 0.25) is 0 Å². The van der Waals surface area contributed by atoms with E-state index in [1.807, 2.05) is 0 Å². The number of halogens is 4. The Morgan fingerprint density at radius 3 is 2.60 bits per heavy atom. The van der Waals surface area contributed by atoms with Gasteiger partial charge in [0.1, 0.15) is 17.5 Å². The number of aromatic nitrogens is 1. The van der Waals surface area contributed by atoms with E-state index in [0.29, 0.717) is 0 Å². The Morgan fingerprint density at radius 2 is 2.20 bits per heavy atom. The smallest absolute Gasteiger partial charge is 0.274 e. The van der Waals surface area contributed by atoms with Crippen molar-refractivity contribution in [1.29, 1.82) is 5.26 Å². The molecule has 0 N–H and O–H groups in total. The van der Waals surface area contributed by atoms with Crippen LogP contribution in [0.5, 0.6) is 0 Å². The molecule has 0 atom stereocenters. The minimum Gasteiger partial charge on any atom is -0.274 e. The van der Waals surface area contributed by atoms with E-state index in [1.54, 1.807) is 0 Å². The first-order valence-corrected chi connectivity index (χ1v) is 3.93. The number of nitrogens with zero attached hydrogens (tertiary/aromatic N) is 2. The maximum atomic E-state index is 13.0. The van der Waals surface area contributed by atoms with E-state index >= 15 is 0 Å². The number of pyridine rings is 1. The summed E-state index contributed by atoms with van der Waals surface area (Å²) in [6.45, 7) is 0. The lowest BCUT2D eigenvalue weighted by Gasteiger charge is -2.03. The maximum Gasteiger partial charge on any atom is 0.283 e. The molecule has 0 bridgehead atoms. The van der Waals surface area contributed by atoms with E-state index in [4.69, 9.17) is 16.9 Å². The Morgan fingerprint density at radius 1 is 1.60 bits per heavy atom. The van der Waals surface area contributed by atoms with E-state index in [2.05, 4.69) is 4.98 Å². The van der Waals surface area contributed by atoms with Gasteiger partial charge in [0.05, 0.1) is 5.56 Å². The molecule has 0 saturated heterocycles. The molecule has 0 unspecified atom stereocenters. The molecule has 3 nitrogen and oxygen atoms in total. The van der Waals surface area contributed by atoms with Crippen molar-refractivity contribution >= 4 is 16.8 Å². The first-order valence-electron chi connectivity index (χ1n) is 3.56. The summed E-state index contributed by atoms with van der Waals surface area (Å²) in [5.41, 5.74) is -2.52. The van der Waals surface area contributed by atoms with Gasteiger partial charge in [0.25, 0.3) is 11.7 Å². The minimum atomic E-state index is -3.21. The highest BCUT2D eigenvalue weighted by atomic mass is 35.5. The van der Waals surface area contributed by atoms with Crippen LogP contribution < -0.4 is 0 Å². The van der Waals surface area contributed by atoms with Crippen LogP contribution in [-0.4, -0.2) is 10.2 Å². The fourth-order valence-electron chi connectivity index (χ4n) is 0.876. The Balaban J connectivity index is 3.47. The summed E-state index contributed by atoms with van der Waals surface area (Å²) >= 11 is 4.98. The standard InChI is InChI=1S/C8H2ClF3N2O/c9-7(15)4-1-3(2-13)5(10)6(14-4)8(11)12/h1,8H. The monoisotopic (exact) mass is 234 g/mol. The van der Waals surface area contributed by atoms with Crippen molar-refractivity contribution < 1.29 is 18.0 Å². The minimum absolute atomic E-state index is 0.579. The van der Waals surface area contributed by atoms with Gasteiger partial charge in [-0.15, -0.1) is 0 Å².